The first-order valence-electron chi connectivity index (χ1n) is 8.36. The second kappa shape index (κ2) is 5.01. The second-order valence-electron chi connectivity index (χ2n) is 6.50. The van der Waals surface area contributed by atoms with Gasteiger partial charge in [-0.05, 0) is 49.9 Å². The quantitative estimate of drug-likeness (QED) is 0.721. The summed E-state index contributed by atoms with van der Waals surface area (Å²) in [7, 11) is 0. The standard InChI is InChI=1S/C19H18N4/c1-2-6-17-16(5-1)19(23-14-7-8-15(23)10-9-14)22-18(21-17)13-4-3-11-20-12-13/h1-6,11-12,14-15H,7-10H2. The van der Waals surface area contributed by atoms with Crippen molar-refractivity contribution >= 4 is 16.7 Å². The summed E-state index contributed by atoms with van der Waals surface area (Å²) in [5.74, 6) is 1.89. The van der Waals surface area contributed by atoms with E-state index in [9.17, 15) is 0 Å². The van der Waals surface area contributed by atoms with E-state index in [1.807, 2.05) is 24.4 Å². The lowest BCUT2D eigenvalue weighted by Gasteiger charge is -2.25. The summed E-state index contributed by atoms with van der Waals surface area (Å²) in [6.45, 7) is 0. The van der Waals surface area contributed by atoms with E-state index in [4.69, 9.17) is 9.97 Å². The Morgan fingerprint density at radius 3 is 2.39 bits per heavy atom. The molecule has 5 rings (SSSR count). The monoisotopic (exact) mass is 302 g/mol. The fourth-order valence-electron chi connectivity index (χ4n) is 4.14. The molecule has 2 fully saturated rings. The van der Waals surface area contributed by atoms with Gasteiger partial charge in [0.2, 0.25) is 0 Å². The summed E-state index contributed by atoms with van der Waals surface area (Å²) < 4.78 is 0. The van der Waals surface area contributed by atoms with Crippen molar-refractivity contribution in [1.29, 1.82) is 0 Å². The first-order chi connectivity index (χ1) is 11.4. The third-order valence-corrected chi connectivity index (χ3v) is 5.20. The van der Waals surface area contributed by atoms with Crippen LogP contribution in [0.1, 0.15) is 25.7 Å². The molecule has 0 spiro atoms. The summed E-state index contributed by atoms with van der Waals surface area (Å²) in [6, 6.07) is 13.6. The minimum Gasteiger partial charge on any atom is -0.350 e. The van der Waals surface area contributed by atoms with E-state index in [1.54, 1.807) is 6.20 Å². The van der Waals surface area contributed by atoms with Gasteiger partial charge < -0.3 is 4.90 Å². The van der Waals surface area contributed by atoms with Gasteiger partial charge in [-0.25, -0.2) is 9.97 Å². The highest BCUT2D eigenvalue weighted by Crippen LogP contribution is 2.42. The SMILES string of the molecule is c1cncc(-c2nc(N3C4CCC3CC4)c3ccccc3n2)c1. The molecular weight excluding hydrogens is 284 g/mol. The first kappa shape index (κ1) is 13.0. The van der Waals surface area contributed by atoms with Crippen molar-refractivity contribution < 1.29 is 0 Å². The van der Waals surface area contributed by atoms with Crippen LogP contribution in [-0.2, 0) is 0 Å². The van der Waals surface area contributed by atoms with Crippen molar-refractivity contribution in [3.63, 3.8) is 0 Å². The smallest absolute Gasteiger partial charge is 0.163 e. The Kier molecular flexibility index (Phi) is 2.83. The molecule has 4 heteroatoms. The van der Waals surface area contributed by atoms with Crippen LogP contribution in [0.25, 0.3) is 22.3 Å². The molecule has 0 aliphatic carbocycles. The lowest BCUT2D eigenvalue weighted by atomic mass is 10.0. The fourth-order valence-corrected chi connectivity index (χ4v) is 4.14. The molecule has 0 atom stereocenters. The maximum atomic E-state index is 4.97. The number of fused-ring (bicyclic) bond motifs is 3. The van der Waals surface area contributed by atoms with Crippen molar-refractivity contribution in [2.75, 3.05) is 4.90 Å². The number of nitrogens with zero attached hydrogens (tertiary/aromatic N) is 4. The Bertz CT molecular complexity index is 842. The lowest BCUT2D eigenvalue weighted by molar-refractivity contribution is 0.576. The molecule has 114 valence electrons. The Balaban J connectivity index is 1.74. The molecule has 3 aromatic rings. The van der Waals surface area contributed by atoms with Gasteiger partial charge in [0.25, 0.3) is 0 Å². The lowest BCUT2D eigenvalue weighted by Crippen LogP contribution is -2.29. The Morgan fingerprint density at radius 2 is 1.65 bits per heavy atom. The number of para-hydroxylation sites is 1. The van der Waals surface area contributed by atoms with Gasteiger partial charge in [-0.1, -0.05) is 12.1 Å². The first-order valence-corrected chi connectivity index (χ1v) is 8.36. The number of aromatic nitrogens is 3. The van der Waals surface area contributed by atoms with E-state index in [1.165, 1.54) is 31.1 Å². The van der Waals surface area contributed by atoms with E-state index < -0.39 is 0 Å². The normalized spacial score (nSPS) is 22.9. The second-order valence-corrected chi connectivity index (χ2v) is 6.50. The number of hydrogen-bond donors (Lipinski definition) is 0. The molecule has 0 radical (unpaired) electrons. The van der Waals surface area contributed by atoms with Crippen molar-refractivity contribution in [1.82, 2.24) is 15.0 Å². The van der Waals surface area contributed by atoms with Crippen LogP contribution in [0.15, 0.2) is 48.8 Å². The van der Waals surface area contributed by atoms with Crippen LogP contribution in [0.2, 0.25) is 0 Å². The van der Waals surface area contributed by atoms with Crippen molar-refractivity contribution in [3.8, 4) is 11.4 Å². The van der Waals surface area contributed by atoms with E-state index in [-0.39, 0.29) is 0 Å². The fraction of sp³-hybridized carbons (Fsp3) is 0.316. The molecule has 0 N–H and O–H groups in total. The minimum absolute atomic E-state index is 0.653. The Hall–Kier alpha value is -2.49. The van der Waals surface area contributed by atoms with Gasteiger partial charge in [-0.15, -0.1) is 0 Å². The zero-order chi connectivity index (χ0) is 15.2. The van der Waals surface area contributed by atoms with E-state index in [0.29, 0.717) is 12.1 Å². The average molecular weight is 302 g/mol. The molecule has 0 saturated carbocycles. The van der Waals surface area contributed by atoms with Crippen molar-refractivity contribution in [2.45, 2.75) is 37.8 Å². The Morgan fingerprint density at radius 1 is 0.870 bits per heavy atom. The van der Waals surface area contributed by atoms with Gasteiger partial charge in [-0.2, -0.15) is 0 Å². The van der Waals surface area contributed by atoms with Crippen LogP contribution in [0.5, 0.6) is 0 Å². The summed E-state index contributed by atoms with van der Waals surface area (Å²) in [5.41, 5.74) is 1.99. The van der Waals surface area contributed by atoms with Crippen LogP contribution in [-0.4, -0.2) is 27.0 Å². The molecule has 1 aromatic carbocycles. The molecule has 2 aliphatic heterocycles. The van der Waals surface area contributed by atoms with Gasteiger partial charge >= 0.3 is 0 Å². The summed E-state index contributed by atoms with van der Waals surface area (Å²) in [6.07, 6.45) is 8.81. The molecule has 4 heterocycles. The number of pyridine rings is 1. The summed E-state index contributed by atoms with van der Waals surface area (Å²) in [5, 5.41) is 1.17. The highest BCUT2D eigenvalue weighted by Gasteiger charge is 2.40. The third kappa shape index (κ3) is 2.01. The van der Waals surface area contributed by atoms with E-state index in [0.717, 1.165) is 22.7 Å². The average Bonchev–Trinajstić information content (AvgIpc) is 3.22. The van der Waals surface area contributed by atoms with Gasteiger partial charge in [0, 0.05) is 35.4 Å². The summed E-state index contributed by atoms with van der Waals surface area (Å²) >= 11 is 0. The molecule has 23 heavy (non-hydrogen) atoms. The minimum atomic E-state index is 0.653. The van der Waals surface area contributed by atoms with Gasteiger partial charge in [-0.3, -0.25) is 4.98 Å². The largest absolute Gasteiger partial charge is 0.350 e. The molecular formula is C19H18N4. The van der Waals surface area contributed by atoms with Crippen LogP contribution in [0, 0.1) is 0 Å². The number of anilines is 1. The van der Waals surface area contributed by atoms with Gasteiger partial charge in [0.15, 0.2) is 5.82 Å². The topological polar surface area (TPSA) is 41.9 Å². The van der Waals surface area contributed by atoms with Crippen molar-refractivity contribution in [2.24, 2.45) is 0 Å². The maximum Gasteiger partial charge on any atom is 0.163 e. The number of hydrogen-bond acceptors (Lipinski definition) is 4. The van der Waals surface area contributed by atoms with Crippen molar-refractivity contribution in [3.05, 3.63) is 48.8 Å². The zero-order valence-electron chi connectivity index (χ0n) is 12.9. The van der Waals surface area contributed by atoms with Crippen LogP contribution in [0.4, 0.5) is 5.82 Å². The maximum absolute atomic E-state index is 4.97. The predicted octanol–water partition coefficient (Wildman–Crippen LogP) is 3.82. The summed E-state index contributed by atoms with van der Waals surface area (Å²) in [4.78, 5) is 16.5. The van der Waals surface area contributed by atoms with E-state index >= 15 is 0 Å². The molecule has 0 unspecified atom stereocenters. The molecule has 2 bridgehead atoms. The molecule has 4 nitrogen and oxygen atoms in total. The molecule has 2 aliphatic rings. The highest BCUT2D eigenvalue weighted by molar-refractivity contribution is 5.91. The number of benzene rings is 1. The van der Waals surface area contributed by atoms with Crippen LogP contribution in [0.3, 0.4) is 0 Å². The Labute approximate surface area is 135 Å². The number of rotatable bonds is 2. The zero-order valence-corrected chi connectivity index (χ0v) is 12.9. The van der Waals surface area contributed by atoms with Gasteiger partial charge in [0.05, 0.1) is 5.52 Å². The predicted molar refractivity (Wildman–Crippen MR) is 91.3 cm³/mol. The van der Waals surface area contributed by atoms with Crippen LogP contribution < -0.4 is 4.90 Å². The molecule has 0 amide bonds. The molecule has 2 aromatic heterocycles. The van der Waals surface area contributed by atoms with Crippen LogP contribution >= 0.6 is 0 Å². The molecule has 2 saturated heterocycles. The van der Waals surface area contributed by atoms with E-state index in [2.05, 4.69) is 28.1 Å². The van der Waals surface area contributed by atoms with Gasteiger partial charge in [0.1, 0.15) is 5.82 Å². The third-order valence-electron chi connectivity index (χ3n) is 5.20. The highest BCUT2D eigenvalue weighted by atomic mass is 15.3.